The average Bonchev–Trinajstić information content (AvgIpc) is 4.08. The summed E-state index contributed by atoms with van der Waals surface area (Å²) in [5.74, 6) is 0. The molecule has 3 aliphatic carbocycles. The first-order valence-electron chi connectivity index (χ1n) is 25.0. The van der Waals surface area contributed by atoms with Gasteiger partial charge in [-0.3, -0.25) is 0 Å². The first kappa shape index (κ1) is 41.4. The molecule has 340 valence electrons. The number of para-hydroxylation sites is 2. The van der Waals surface area contributed by atoms with E-state index in [1.54, 1.807) is 0 Å². The Labute approximate surface area is 410 Å². The molecule has 3 heteroatoms. The van der Waals surface area contributed by atoms with E-state index in [9.17, 15) is 0 Å². The summed E-state index contributed by atoms with van der Waals surface area (Å²) in [4.78, 5) is 2.51. The van der Waals surface area contributed by atoms with E-state index in [1.165, 1.54) is 111 Å². The number of benzene rings is 9. The second kappa shape index (κ2) is 13.8. The van der Waals surface area contributed by atoms with Crippen molar-refractivity contribution in [2.75, 3.05) is 4.90 Å². The lowest BCUT2D eigenvalue weighted by Crippen LogP contribution is -2.24. The number of fused-ring (bicyclic) bond motifs is 19. The summed E-state index contributed by atoms with van der Waals surface area (Å²) < 4.78 is 13.9. The van der Waals surface area contributed by atoms with Crippen LogP contribution in [0.2, 0.25) is 0 Å². The van der Waals surface area contributed by atoms with Crippen LogP contribution in [0.25, 0.3) is 88.4 Å². The Morgan fingerprint density at radius 1 is 0.357 bits per heavy atom. The van der Waals surface area contributed by atoms with Crippen molar-refractivity contribution < 1.29 is 8.83 Å². The molecule has 0 atom stereocenters. The maximum absolute atomic E-state index is 7.00. The molecule has 2 heterocycles. The Hall–Kier alpha value is -7.62. The predicted molar refractivity (Wildman–Crippen MR) is 293 cm³/mol. The molecule has 0 radical (unpaired) electrons. The van der Waals surface area contributed by atoms with Crippen molar-refractivity contribution in [3.05, 3.63) is 207 Å². The Bertz CT molecular complexity index is 4130. The Morgan fingerprint density at radius 3 is 1.56 bits per heavy atom. The second-order valence-electron chi connectivity index (χ2n) is 22.3. The standard InChI is InChI=1S/C67H55NO2/c1-36-23-26-43(39(4)30-36)49-35-53-56(58-47-18-12-15-21-54(47)69-63(49)58)45-27-24-40(33-51(45)65(53,5)6)68(42-31-37(2)29-38(3)32-42)41-25-28-46-52(34-41)67(9,10)61-57(46)59-48-19-13-16-22-55(48)70-64(59)60-44-17-11-14-20-50(44)66(7,8)62(60)61/h11-35H,1-10H3. The highest BCUT2D eigenvalue weighted by atomic mass is 16.3. The Morgan fingerprint density at radius 2 is 0.886 bits per heavy atom. The van der Waals surface area contributed by atoms with Crippen LogP contribution in [0.5, 0.6) is 0 Å². The van der Waals surface area contributed by atoms with Crippen LogP contribution in [0.3, 0.4) is 0 Å². The minimum atomic E-state index is -0.321. The van der Waals surface area contributed by atoms with E-state index in [4.69, 9.17) is 8.83 Å². The fraction of sp³-hybridized carbons (Fsp3) is 0.194. The lowest BCUT2D eigenvalue weighted by Gasteiger charge is -2.32. The van der Waals surface area contributed by atoms with Crippen molar-refractivity contribution in [3.63, 3.8) is 0 Å². The summed E-state index contributed by atoms with van der Waals surface area (Å²) >= 11 is 0. The highest BCUT2D eigenvalue weighted by molar-refractivity contribution is 6.21. The second-order valence-corrected chi connectivity index (χ2v) is 22.3. The van der Waals surface area contributed by atoms with E-state index in [0.29, 0.717) is 0 Å². The van der Waals surface area contributed by atoms with Crippen LogP contribution in [-0.4, -0.2) is 0 Å². The van der Waals surface area contributed by atoms with Gasteiger partial charge in [-0.05, 0) is 166 Å². The van der Waals surface area contributed by atoms with Gasteiger partial charge in [-0.2, -0.15) is 0 Å². The van der Waals surface area contributed by atoms with Crippen LogP contribution in [0.1, 0.15) is 97.2 Å². The molecule has 0 fully saturated rings. The van der Waals surface area contributed by atoms with Crippen LogP contribution in [0.4, 0.5) is 17.1 Å². The number of furan rings is 2. The molecule has 3 nitrogen and oxygen atoms in total. The number of aryl methyl sites for hydroxylation is 4. The molecule has 3 aliphatic rings. The fourth-order valence-corrected chi connectivity index (χ4v) is 13.7. The molecule has 70 heavy (non-hydrogen) atoms. The van der Waals surface area contributed by atoms with E-state index in [2.05, 4.69) is 226 Å². The Balaban J connectivity index is 0.994. The van der Waals surface area contributed by atoms with Crippen LogP contribution in [0.15, 0.2) is 160 Å². The van der Waals surface area contributed by atoms with Crippen molar-refractivity contribution in [3.8, 4) is 44.5 Å². The van der Waals surface area contributed by atoms with E-state index in [-0.39, 0.29) is 16.2 Å². The molecule has 9 aromatic carbocycles. The third kappa shape index (κ3) is 5.30. The fourth-order valence-electron chi connectivity index (χ4n) is 13.7. The number of anilines is 3. The summed E-state index contributed by atoms with van der Waals surface area (Å²) in [6.07, 6.45) is 0. The first-order chi connectivity index (χ1) is 33.6. The molecule has 14 rings (SSSR count). The number of hydrogen-bond acceptors (Lipinski definition) is 3. The largest absolute Gasteiger partial charge is 0.455 e. The van der Waals surface area contributed by atoms with Gasteiger partial charge in [-0.15, -0.1) is 0 Å². The minimum Gasteiger partial charge on any atom is -0.455 e. The van der Waals surface area contributed by atoms with Gasteiger partial charge in [-0.1, -0.05) is 144 Å². The molecule has 0 aliphatic heterocycles. The Kier molecular flexibility index (Phi) is 8.15. The van der Waals surface area contributed by atoms with Gasteiger partial charge in [0.05, 0.1) is 0 Å². The number of hydrogen-bond donors (Lipinski definition) is 0. The highest BCUT2D eigenvalue weighted by Gasteiger charge is 2.49. The highest BCUT2D eigenvalue weighted by Crippen LogP contribution is 2.64. The van der Waals surface area contributed by atoms with Crippen molar-refractivity contribution in [1.29, 1.82) is 0 Å². The van der Waals surface area contributed by atoms with Crippen molar-refractivity contribution in [2.45, 2.75) is 85.5 Å². The molecule has 0 unspecified atom stereocenters. The number of nitrogens with zero attached hydrogens (tertiary/aromatic N) is 1. The molecule has 0 amide bonds. The van der Waals surface area contributed by atoms with Crippen molar-refractivity contribution >= 4 is 60.9 Å². The van der Waals surface area contributed by atoms with Gasteiger partial charge in [0.2, 0.25) is 0 Å². The van der Waals surface area contributed by atoms with Crippen LogP contribution >= 0.6 is 0 Å². The summed E-state index contributed by atoms with van der Waals surface area (Å²) in [6, 6.07) is 56.9. The summed E-state index contributed by atoms with van der Waals surface area (Å²) in [6.45, 7) is 23.4. The van der Waals surface area contributed by atoms with Crippen molar-refractivity contribution in [2.24, 2.45) is 0 Å². The van der Waals surface area contributed by atoms with E-state index in [0.717, 1.165) is 50.3 Å². The van der Waals surface area contributed by atoms with Gasteiger partial charge in [0, 0.05) is 66.0 Å². The third-order valence-corrected chi connectivity index (χ3v) is 16.8. The van der Waals surface area contributed by atoms with Crippen LogP contribution in [-0.2, 0) is 16.2 Å². The van der Waals surface area contributed by atoms with Gasteiger partial charge < -0.3 is 13.7 Å². The van der Waals surface area contributed by atoms with Crippen LogP contribution in [0, 0.1) is 27.7 Å². The van der Waals surface area contributed by atoms with Gasteiger partial charge >= 0.3 is 0 Å². The van der Waals surface area contributed by atoms with E-state index < -0.39 is 0 Å². The third-order valence-electron chi connectivity index (χ3n) is 16.8. The van der Waals surface area contributed by atoms with Gasteiger partial charge in [0.25, 0.3) is 0 Å². The topological polar surface area (TPSA) is 29.5 Å². The summed E-state index contributed by atoms with van der Waals surface area (Å²) in [5.41, 5.74) is 29.6. The molecule has 0 saturated carbocycles. The smallest absolute Gasteiger partial charge is 0.144 e. The van der Waals surface area contributed by atoms with Gasteiger partial charge in [-0.25, -0.2) is 0 Å². The zero-order valence-corrected chi connectivity index (χ0v) is 41.7. The molecule has 11 aromatic rings. The maximum atomic E-state index is 7.00. The first-order valence-corrected chi connectivity index (χ1v) is 25.0. The number of rotatable bonds is 4. The van der Waals surface area contributed by atoms with E-state index >= 15 is 0 Å². The monoisotopic (exact) mass is 905 g/mol. The molecule has 2 aromatic heterocycles. The van der Waals surface area contributed by atoms with E-state index in [1.807, 2.05) is 0 Å². The lowest BCUT2D eigenvalue weighted by atomic mass is 9.72. The molecule has 0 spiro atoms. The molecular weight excluding hydrogens is 851 g/mol. The minimum absolute atomic E-state index is 0.223. The molecule has 0 bridgehead atoms. The molecular formula is C67H55NO2. The summed E-state index contributed by atoms with van der Waals surface area (Å²) in [7, 11) is 0. The summed E-state index contributed by atoms with van der Waals surface area (Å²) in [5, 5.41) is 4.76. The molecule has 0 N–H and O–H groups in total. The average molecular weight is 906 g/mol. The van der Waals surface area contributed by atoms with Gasteiger partial charge in [0.15, 0.2) is 0 Å². The normalized spacial score (nSPS) is 15.3. The van der Waals surface area contributed by atoms with Gasteiger partial charge in [0.1, 0.15) is 22.3 Å². The zero-order valence-electron chi connectivity index (χ0n) is 41.7. The quantitative estimate of drug-likeness (QED) is 0.176. The zero-order chi connectivity index (χ0) is 47.9. The SMILES string of the molecule is Cc1cc(C)cc(N(c2ccc3c(c2)C(C)(C)c2cc(-c4ccc(C)cc4C)c4oc5ccccc5c4c2-3)c2ccc3c(c2)C(C)(C)c2c4c(c5oc6ccccc6c5c2-3)-c2ccccc2C4(C)C)c1. The maximum Gasteiger partial charge on any atom is 0.144 e. The molecule has 0 saturated heterocycles. The van der Waals surface area contributed by atoms with Crippen LogP contribution < -0.4 is 4.90 Å². The van der Waals surface area contributed by atoms with Crippen molar-refractivity contribution in [1.82, 2.24) is 0 Å². The predicted octanol–water partition coefficient (Wildman–Crippen LogP) is 18.8. The lowest BCUT2D eigenvalue weighted by molar-refractivity contribution is 0.600.